The molecule has 0 radical (unpaired) electrons. The minimum absolute atomic E-state index is 0.366. The van der Waals surface area contributed by atoms with E-state index in [0.717, 1.165) is 19.5 Å². The molecule has 1 fully saturated rings. The van der Waals surface area contributed by atoms with E-state index in [0.29, 0.717) is 45.7 Å². The van der Waals surface area contributed by atoms with Crippen LogP contribution in [0.5, 0.6) is 0 Å². The van der Waals surface area contributed by atoms with Crippen molar-refractivity contribution >= 4 is 0 Å². The quantitative estimate of drug-likeness (QED) is 0.568. The summed E-state index contributed by atoms with van der Waals surface area (Å²) in [7, 11) is 1.66. The van der Waals surface area contributed by atoms with Crippen LogP contribution in [0.4, 0.5) is 0 Å². The summed E-state index contributed by atoms with van der Waals surface area (Å²) < 4.78 is 21.2. The Morgan fingerprint density at radius 3 is 2.35 bits per heavy atom. The van der Waals surface area contributed by atoms with E-state index in [4.69, 9.17) is 18.9 Å². The molecule has 0 spiro atoms. The van der Waals surface area contributed by atoms with E-state index >= 15 is 0 Å². The van der Waals surface area contributed by atoms with Crippen molar-refractivity contribution in [1.29, 1.82) is 0 Å². The number of rotatable bonds is 10. The summed E-state index contributed by atoms with van der Waals surface area (Å²) in [6.07, 6.45) is 2.73. The lowest BCUT2D eigenvalue weighted by molar-refractivity contribution is -0.0214. The molecule has 0 saturated carbocycles. The fraction of sp³-hybridized carbons (Fsp3) is 1.00. The Hall–Kier alpha value is -0.200. The second kappa shape index (κ2) is 10.9. The second-order valence-corrected chi connectivity index (χ2v) is 4.06. The van der Waals surface area contributed by atoms with Crippen molar-refractivity contribution < 1.29 is 18.9 Å². The van der Waals surface area contributed by atoms with Gasteiger partial charge >= 0.3 is 0 Å². The first-order chi connectivity index (χ1) is 8.43. The molecule has 5 nitrogen and oxygen atoms in total. The lowest BCUT2D eigenvalue weighted by Crippen LogP contribution is -2.35. The van der Waals surface area contributed by atoms with Gasteiger partial charge in [0.1, 0.15) is 0 Å². The molecule has 1 heterocycles. The van der Waals surface area contributed by atoms with Crippen molar-refractivity contribution in [3.05, 3.63) is 0 Å². The fourth-order valence-electron chi connectivity index (χ4n) is 1.70. The van der Waals surface area contributed by atoms with Crippen molar-refractivity contribution in [1.82, 2.24) is 5.32 Å². The van der Waals surface area contributed by atoms with Crippen molar-refractivity contribution in [2.24, 2.45) is 0 Å². The molecule has 0 aromatic rings. The third kappa shape index (κ3) is 8.51. The maximum Gasteiger partial charge on any atom is 0.0704 e. The maximum absolute atomic E-state index is 5.68. The second-order valence-electron chi connectivity index (χ2n) is 4.06. The zero-order chi connectivity index (χ0) is 12.2. The fourth-order valence-corrected chi connectivity index (χ4v) is 1.70. The zero-order valence-electron chi connectivity index (χ0n) is 10.8. The van der Waals surface area contributed by atoms with E-state index in [1.807, 2.05) is 0 Å². The highest BCUT2D eigenvalue weighted by molar-refractivity contribution is 4.68. The Bertz CT molecular complexity index is 163. The molecule has 0 aromatic heterocycles. The molecule has 0 bridgehead atoms. The molecule has 1 aliphatic rings. The van der Waals surface area contributed by atoms with Gasteiger partial charge in [-0.1, -0.05) is 0 Å². The summed E-state index contributed by atoms with van der Waals surface area (Å²) in [6, 6.07) is 0. The Labute approximate surface area is 104 Å². The van der Waals surface area contributed by atoms with Gasteiger partial charge in [0, 0.05) is 13.7 Å². The summed E-state index contributed by atoms with van der Waals surface area (Å²) in [5.41, 5.74) is 0. The molecule has 0 amide bonds. The van der Waals surface area contributed by atoms with Gasteiger partial charge in [0.05, 0.1) is 45.7 Å². The monoisotopic (exact) mass is 247 g/mol. The third-order valence-corrected chi connectivity index (χ3v) is 2.64. The Morgan fingerprint density at radius 2 is 1.71 bits per heavy atom. The van der Waals surface area contributed by atoms with E-state index in [9.17, 15) is 0 Å². The van der Waals surface area contributed by atoms with Crippen molar-refractivity contribution in [2.45, 2.75) is 18.9 Å². The average Bonchev–Trinajstić information content (AvgIpc) is 2.38. The molecule has 1 N–H and O–H groups in total. The van der Waals surface area contributed by atoms with Crippen LogP contribution in [-0.4, -0.2) is 65.9 Å². The molecular formula is C12H25NO4. The number of hydrogen-bond donors (Lipinski definition) is 1. The largest absolute Gasteiger partial charge is 0.382 e. The third-order valence-electron chi connectivity index (χ3n) is 2.64. The molecule has 1 aliphatic heterocycles. The first-order valence-corrected chi connectivity index (χ1v) is 6.40. The smallest absolute Gasteiger partial charge is 0.0704 e. The highest BCUT2D eigenvalue weighted by Gasteiger charge is 2.12. The van der Waals surface area contributed by atoms with Gasteiger partial charge in [0.2, 0.25) is 0 Å². The van der Waals surface area contributed by atoms with Crippen molar-refractivity contribution in [3.8, 4) is 0 Å². The highest BCUT2D eigenvalue weighted by Crippen LogP contribution is 2.05. The number of methoxy groups -OCH3 is 1. The topological polar surface area (TPSA) is 49.0 Å². The lowest BCUT2D eigenvalue weighted by atomic mass is 10.1. The molecule has 0 aliphatic carbocycles. The van der Waals surface area contributed by atoms with Crippen LogP contribution in [0.25, 0.3) is 0 Å². The van der Waals surface area contributed by atoms with Crippen LogP contribution in [0.2, 0.25) is 0 Å². The Kier molecular flexibility index (Phi) is 9.55. The summed E-state index contributed by atoms with van der Waals surface area (Å²) in [4.78, 5) is 0. The predicted molar refractivity (Wildman–Crippen MR) is 65.4 cm³/mol. The maximum atomic E-state index is 5.68. The number of nitrogens with one attached hydrogen (secondary N) is 1. The molecular weight excluding hydrogens is 222 g/mol. The molecule has 1 unspecified atom stereocenters. The van der Waals surface area contributed by atoms with Gasteiger partial charge in [-0.05, 0) is 19.4 Å². The van der Waals surface area contributed by atoms with E-state index in [1.54, 1.807) is 7.11 Å². The van der Waals surface area contributed by atoms with Gasteiger partial charge in [-0.3, -0.25) is 0 Å². The minimum atomic E-state index is 0.366. The van der Waals surface area contributed by atoms with Gasteiger partial charge in [-0.15, -0.1) is 0 Å². The predicted octanol–water partition coefficient (Wildman–Crippen LogP) is 0.435. The van der Waals surface area contributed by atoms with E-state index in [1.165, 1.54) is 6.42 Å². The first kappa shape index (κ1) is 14.9. The van der Waals surface area contributed by atoms with Gasteiger partial charge in [-0.2, -0.15) is 0 Å². The summed E-state index contributed by atoms with van der Waals surface area (Å²) in [5.74, 6) is 0. The van der Waals surface area contributed by atoms with Crippen LogP contribution in [0.1, 0.15) is 12.8 Å². The first-order valence-electron chi connectivity index (χ1n) is 6.40. The number of ether oxygens (including phenoxy) is 4. The van der Waals surface area contributed by atoms with Crippen molar-refractivity contribution in [2.75, 3.05) is 59.8 Å². The van der Waals surface area contributed by atoms with Crippen LogP contribution in [0.3, 0.4) is 0 Å². The van der Waals surface area contributed by atoms with E-state index < -0.39 is 0 Å². The van der Waals surface area contributed by atoms with Crippen LogP contribution in [-0.2, 0) is 18.9 Å². The Morgan fingerprint density at radius 1 is 1.00 bits per heavy atom. The summed E-state index contributed by atoms with van der Waals surface area (Å²) in [5, 5.41) is 3.32. The molecule has 1 rings (SSSR count). The molecule has 17 heavy (non-hydrogen) atoms. The molecule has 0 aromatic carbocycles. The van der Waals surface area contributed by atoms with Gasteiger partial charge < -0.3 is 24.3 Å². The standard InChI is InChI=1S/C12H25NO4/c1-14-5-6-15-7-8-16-9-10-17-12-3-2-4-13-11-12/h12-13H,2-11H2,1H3. The van der Waals surface area contributed by atoms with Crippen molar-refractivity contribution in [3.63, 3.8) is 0 Å². The molecule has 102 valence electrons. The molecule has 1 atom stereocenters. The van der Waals surface area contributed by atoms with Gasteiger partial charge in [0.25, 0.3) is 0 Å². The summed E-state index contributed by atoms with van der Waals surface area (Å²) >= 11 is 0. The van der Waals surface area contributed by atoms with Crippen LogP contribution >= 0.6 is 0 Å². The Balaban J connectivity index is 1.75. The molecule has 1 saturated heterocycles. The van der Waals surface area contributed by atoms with Crippen LogP contribution in [0.15, 0.2) is 0 Å². The average molecular weight is 247 g/mol. The van der Waals surface area contributed by atoms with Crippen LogP contribution in [0, 0.1) is 0 Å². The van der Waals surface area contributed by atoms with E-state index in [-0.39, 0.29) is 0 Å². The lowest BCUT2D eigenvalue weighted by Gasteiger charge is -2.22. The minimum Gasteiger partial charge on any atom is -0.382 e. The van der Waals surface area contributed by atoms with E-state index in [2.05, 4.69) is 5.32 Å². The SMILES string of the molecule is COCCOCCOCCOC1CCCNC1. The zero-order valence-corrected chi connectivity index (χ0v) is 10.8. The highest BCUT2D eigenvalue weighted by atomic mass is 16.6. The van der Waals surface area contributed by atoms with Crippen LogP contribution < -0.4 is 5.32 Å². The normalized spacial score (nSPS) is 20.6. The summed E-state index contributed by atoms with van der Waals surface area (Å²) in [6.45, 7) is 5.91. The van der Waals surface area contributed by atoms with Gasteiger partial charge in [-0.25, -0.2) is 0 Å². The number of hydrogen-bond acceptors (Lipinski definition) is 5. The number of piperidine rings is 1. The molecule has 5 heteroatoms. The van der Waals surface area contributed by atoms with Gasteiger partial charge in [0.15, 0.2) is 0 Å².